The van der Waals surface area contributed by atoms with Crippen molar-refractivity contribution in [2.75, 3.05) is 0 Å². The maximum absolute atomic E-state index is 4.61. The summed E-state index contributed by atoms with van der Waals surface area (Å²) >= 11 is 0. The summed E-state index contributed by atoms with van der Waals surface area (Å²) < 4.78 is 1.95. The molecule has 0 aliphatic carbocycles. The first kappa shape index (κ1) is 26.2. The van der Waals surface area contributed by atoms with Gasteiger partial charge in [-0.2, -0.15) is 29.4 Å². The Balaban J connectivity index is 0.000000172. The van der Waals surface area contributed by atoms with Gasteiger partial charge in [-0.3, -0.25) is 9.67 Å². The monoisotopic (exact) mass is 658 g/mol. The first-order valence-electron chi connectivity index (χ1n) is 12.0. The molecule has 4 heteroatoms. The van der Waals surface area contributed by atoms with Crippen LogP contribution < -0.4 is 0 Å². The molecular weight excluding hydrogens is 631 g/mol. The molecule has 0 unspecified atom stereocenters. The van der Waals surface area contributed by atoms with E-state index < -0.39 is 0 Å². The molecule has 0 aliphatic rings. The van der Waals surface area contributed by atoms with E-state index in [1.54, 1.807) is 0 Å². The van der Waals surface area contributed by atoms with Gasteiger partial charge in [-0.15, -0.1) is 42.0 Å². The Kier molecular flexibility index (Phi) is 8.45. The summed E-state index contributed by atoms with van der Waals surface area (Å²) in [5.74, 6) is 0. The van der Waals surface area contributed by atoms with E-state index in [1.807, 2.05) is 83.7 Å². The Morgan fingerprint density at radius 2 is 1.41 bits per heavy atom. The maximum Gasteiger partial charge on any atom is 0.0721 e. The van der Waals surface area contributed by atoms with Crippen LogP contribution in [-0.4, -0.2) is 14.8 Å². The van der Waals surface area contributed by atoms with Crippen molar-refractivity contribution in [3.8, 4) is 28.2 Å². The molecule has 0 saturated heterocycles. The molecule has 0 N–H and O–H groups in total. The van der Waals surface area contributed by atoms with Crippen LogP contribution in [0.5, 0.6) is 0 Å². The van der Waals surface area contributed by atoms with Gasteiger partial charge >= 0.3 is 0 Å². The smallest absolute Gasteiger partial charge is 0.0721 e. The zero-order chi connectivity index (χ0) is 24.9. The third-order valence-corrected chi connectivity index (χ3v) is 6.08. The number of hydrogen-bond donors (Lipinski definition) is 0. The van der Waals surface area contributed by atoms with Crippen molar-refractivity contribution in [1.29, 1.82) is 0 Å². The molecule has 0 atom stereocenters. The molecule has 185 valence electrons. The van der Waals surface area contributed by atoms with Crippen LogP contribution in [0, 0.1) is 32.9 Å². The number of nitrogens with zero attached hydrogens (tertiary/aromatic N) is 3. The van der Waals surface area contributed by atoms with Gasteiger partial charge in [0.1, 0.15) is 0 Å². The number of aromatic nitrogens is 3. The average Bonchev–Trinajstić information content (AvgIpc) is 3.39. The largest absolute Gasteiger partial charge is 0.296 e. The van der Waals surface area contributed by atoms with Crippen LogP contribution in [0.2, 0.25) is 0 Å². The molecule has 6 rings (SSSR count). The summed E-state index contributed by atoms with van der Waals surface area (Å²) in [6.45, 7) is 6.44. The quantitative estimate of drug-likeness (QED) is 0.181. The van der Waals surface area contributed by atoms with Crippen LogP contribution >= 0.6 is 0 Å². The minimum Gasteiger partial charge on any atom is -0.296 e. The van der Waals surface area contributed by atoms with Crippen LogP contribution in [0.3, 0.4) is 0 Å². The second kappa shape index (κ2) is 11.9. The summed E-state index contributed by atoms with van der Waals surface area (Å²) in [5, 5.41) is 5.62. The molecule has 0 spiro atoms. The molecule has 37 heavy (non-hydrogen) atoms. The molecule has 0 amide bonds. The Morgan fingerprint density at radius 1 is 0.703 bits per heavy atom. The average molecular weight is 658 g/mol. The molecular formula is C33H27IrN3-2. The number of rotatable bonds is 3. The third-order valence-electron chi connectivity index (χ3n) is 6.08. The number of para-hydroxylation sites is 2. The van der Waals surface area contributed by atoms with Gasteiger partial charge < -0.3 is 0 Å². The first-order chi connectivity index (χ1) is 17.6. The number of hydrogen-bond acceptors (Lipinski definition) is 2. The number of fused-ring (bicyclic) bond motifs is 1. The molecule has 4 aromatic carbocycles. The summed E-state index contributed by atoms with van der Waals surface area (Å²) in [5.41, 5.74) is 10.2. The van der Waals surface area contributed by atoms with Crippen LogP contribution in [0.1, 0.15) is 16.7 Å². The van der Waals surface area contributed by atoms with Gasteiger partial charge in [0.25, 0.3) is 0 Å². The summed E-state index contributed by atoms with van der Waals surface area (Å²) in [7, 11) is 0. The predicted octanol–water partition coefficient (Wildman–Crippen LogP) is 7.96. The van der Waals surface area contributed by atoms with Crippen molar-refractivity contribution < 1.29 is 20.1 Å². The van der Waals surface area contributed by atoms with Gasteiger partial charge in [0, 0.05) is 31.9 Å². The topological polar surface area (TPSA) is 30.7 Å². The van der Waals surface area contributed by atoms with Gasteiger partial charge in [-0.1, -0.05) is 48.0 Å². The zero-order valence-corrected chi connectivity index (χ0v) is 23.5. The van der Waals surface area contributed by atoms with Crippen LogP contribution in [0.4, 0.5) is 0 Å². The van der Waals surface area contributed by atoms with Crippen molar-refractivity contribution >= 4 is 10.9 Å². The molecule has 1 radical (unpaired) electrons. The number of pyridine rings is 1. The molecule has 0 bridgehead atoms. The van der Waals surface area contributed by atoms with E-state index in [0.29, 0.717) is 0 Å². The SMILES string of the molecule is Cc1cc(C)c(-c2ccnn2-c2[c-]cccc2)c(C)c1.[Ir].[c-]1ccccc1-c1ccc2ccccc2n1. The molecule has 2 aromatic heterocycles. The third kappa shape index (κ3) is 5.94. The molecule has 2 heterocycles. The fourth-order valence-corrected chi connectivity index (χ4v) is 4.55. The van der Waals surface area contributed by atoms with Crippen molar-refractivity contribution in [3.05, 3.63) is 138 Å². The van der Waals surface area contributed by atoms with Crippen molar-refractivity contribution in [3.63, 3.8) is 0 Å². The Labute approximate surface area is 232 Å². The molecule has 0 fully saturated rings. The van der Waals surface area contributed by atoms with Crippen LogP contribution in [-0.2, 0) is 20.1 Å². The van der Waals surface area contributed by atoms with Crippen molar-refractivity contribution in [1.82, 2.24) is 14.8 Å². The summed E-state index contributed by atoms with van der Waals surface area (Å²) in [6, 6.07) is 41.0. The minimum atomic E-state index is 0. The fourth-order valence-electron chi connectivity index (χ4n) is 4.55. The van der Waals surface area contributed by atoms with E-state index in [2.05, 4.69) is 73.3 Å². The van der Waals surface area contributed by atoms with Gasteiger partial charge in [-0.05, 0) is 60.8 Å². The van der Waals surface area contributed by atoms with Crippen LogP contribution in [0.15, 0.2) is 109 Å². The molecule has 0 saturated carbocycles. The second-order valence-electron chi connectivity index (χ2n) is 8.82. The number of aryl methyl sites for hydroxylation is 3. The predicted molar refractivity (Wildman–Crippen MR) is 148 cm³/mol. The Morgan fingerprint density at radius 3 is 2.11 bits per heavy atom. The van der Waals surface area contributed by atoms with Gasteiger partial charge in [-0.25, -0.2) is 0 Å². The van der Waals surface area contributed by atoms with E-state index >= 15 is 0 Å². The van der Waals surface area contributed by atoms with E-state index in [-0.39, 0.29) is 20.1 Å². The molecule has 3 nitrogen and oxygen atoms in total. The Hall–Kier alpha value is -3.85. The normalized spacial score (nSPS) is 10.4. The van der Waals surface area contributed by atoms with E-state index in [1.165, 1.54) is 27.6 Å². The van der Waals surface area contributed by atoms with E-state index in [0.717, 1.165) is 28.2 Å². The molecule has 6 aromatic rings. The fraction of sp³-hybridized carbons (Fsp3) is 0.0909. The van der Waals surface area contributed by atoms with E-state index in [9.17, 15) is 0 Å². The first-order valence-corrected chi connectivity index (χ1v) is 12.0. The maximum atomic E-state index is 4.61. The van der Waals surface area contributed by atoms with Crippen molar-refractivity contribution in [2.45, 2.75) is 20.8 Å². The Bertz CT molecular complexity index is 1580. The van der Waals surface area contributed by atoms with Crippen LogP contribution in [0.25, 0.3) is 39.1 Å². The van der Waals surface area contributed by atoms with Gasteiger partial charge in [0.2, 0.25) is 0 Å². The summed E-state index contributed by atoms with van der Waals surface area (Å²) in [6.07, 6.45) is 1.84. The summed E-state index contributed by atoms with van der Waals surface area (Å²) in [4.78, 5) is 4.61. The van der Waals surface area contributed by atoms with Gasteiger partial charge in [0.05, 0.1) is 11.2 Å². The minimum absolute atomic E-state index is 0. The van der Waals surface area contributed by atoms with Gasteiger partial charge in [0.15, 0.2) is 0 Å². The number of benzene rings is 4. The second-order valence-corrected chi connectivity index (χ2v) is 8.82. The zero-order valence-electron chi connectivity index (χ0n) is 21.1. The molecule has 0 aliphatic heterocycles. The standard InChI is InChI=1S/C18H17N2.C15H10N.Ir/c1-13-11-14(2)18(15(3)12-13)17-9-10-19-20(17)16-7-5-4-6-8-16;1-2-6-12(7-3-1)15-11-10-13-8-4-5-9-14(13)16-15;/h4-7,9-12H,1-3H3;1-6,8-11H;/q2*-1;. The van der Waals surface area contributed by atoms with E-state index in [4.69, 9.17) is 0 Å². The van der Waals surface area contributed by atoms with Crippen molar-refractivity contribution in [2.24, 2.45) is 0 Å².